The largest absolute Gasteiger partial charge is 0.507 e. The number of phenols is 2. The summed E-state index contributed by atoms with van der Waals surface area (Å²) >= 11 is 5.95. The van der Waals surface area contributed by atoms with Crippen molar-refractivity contribution in [3.8, 4) is 22.8 Å². The molecule has 2 aliphatic heterocycles. The number of amides is 1. The maximum atomic E-state index is 12.6. The number of aromatic hydroxyl groups is 2. The number of halogens is 1. The molecule has 0 aliphatic carbocycles. The number of hydrogen-bond acceptors (Lipinski definition) is 6. The lowest BCUT2D eigenvalue weighted by atomic mass is 10.0. The third-order valence-electron chi connectivity index (χ3n) is 4.51. The number of fused-ring (bicyclic) bond motifs is 1. The highest BCUT2D eigenvalue weighted by atomic mass is 35.5. The fourth-order valence-electron chi connectivity index (χ4n) is 3.18. The Kier molecular flexibility index (Phi) is 3.89. The first-order valence-electron chi connectivity index (χ1n) is 7.92. The summed E-state index contributed by atoms with van der Waals surface area (Å²) in [5.41, 5.74) is 1.85. The zero-order valence-corrected chi connectivity index (χ0v) is 14.0. The second-order valence-corrected chi connectivity index (χ2v) is 6.49. The third-order valence-corrected chi connectivity index (χ3v) is 4.81. The van der Waals surface area contributed by atoms with Gasteiger partial charge in [0.05, 0.1) is 22.8 Å². The van der Waals surface area contributed by atoms with Crippen LogP contribution in [0.15, 0.2) is 28.8 Å². The van der Waals surface area contributed by atoms with Gasteiger partial charge in [-0.15, -0.1) is 0 Å². The fourth-order valence-corrected chi connectivity index (χ4v) is 3.34. The molecular weight excluding hydrogens is 346 g/mol. The van der Waals surface area contributed by atoms with Crippen LogP contribution in [-0.2, 0) is 17.8 Å². The first-order chi connectivity index (χ1) is 12.0. The molecule has 8 heteroatoms. The Morgan fingerprint density at radius 1 is 1.36 bits per heavy atom. The summed E-state index contributed by atoms with van der Waals surface area (Å²) in [5.74, 6) is -0.0155. The van der Waals surface area contributed by atoms with Crippen molar-refractivity contribution < 1.29 is 19.5 Å². The SMILES string of the molecule is O=C([C@@H]1C=CCN1)N1CCc2noc(-c3cc(Cl)c(O)cc3O)c2C1. The van der Waals surface area contributed by atoms with Gasteiger partial charge in [0.25, 0.3) is 0 Å². The summed E-state index contributed by atoms with van der Waals surface area (Å²) in [6.07, 6.45) is 4.37. The maximum Gasteiger partial charge on any atom is 0.244 e. The van der Waals surface area contributed by atoms with E-state index in [-0.39, 0.29) is 28.5 Å². The molecule has 0 saturated carbocycles. The minimum absolute atomic E-state index is 0.000453. The van der Waals surface area contributed by atoms with Crippen LogP contribution in [0.5, 0.6) is 11.5 Å². The van der Waals surface area contributed by atoms with E-state index in [2.05, 4.69) is 10.5 Å². The quantitative estimate of drug-likeness (QED) is 0.706. The molecule has 3 N–H and O–H groups in total. The number of hydrogen-bond donors (Lipinski definition) is 3. The van der Waals surface area contributed by atoms with Gasteiger partial charge in [-0.05, 0) is 6.07 Å². The van der Waals surface area contributed by atoms with Gasteiger partial charge in [-0.3, -0.25) is 10.1 Å². The Hall–Kier alpha value is -2.51. The van der Waals surface area contributed by atoms with Crippen molar-refractivity contribution in [2.24, 2.45) is 0 Å². The first kappa shape index (κ1) is 16.0. The standard InChI is InChI=1S/C17H16ClN3O4/c18-11-6-9(14(22)7-15(11)23)16-10-8-21(5-3-12(10)20-25-16)17(24)13-2-1-4-19-13/h1-2,6-7,13,19,22-23H,3-5,8H2/t13-/m0/s1. The topological polar surface area (TPSA) is 98.8 Å². The minimum Gasteiger partial charge on any atom is -0.507 e. The van der Waals surface area contributed by atoms with E-state index in [0.29, 0.717) is 37.4 Å². The predicted octanol–water partition coefficient (Wildman–Crippen LogP) is 1.82. The second kappa shape index (κ2) is 6.09. The third kappa shape index (κ3) is 2.75. The van der Waals surface area contributed by atoms with E-state index in [0.717, 1.165) is 17.3 Å². The van der Waals surface area contributed by atoms with Crippen molar-refractivity contribution in [1.82, 2.24) is 15.4 Å². The van der Waals surface area contributed by atoms with Gasteiger partial charge in [0.2, 0.25) is 5.91 Å². The number of benzene rings is 1. The summed E-state index contributed by atoms with van der Waals surface area (Å²) in [6.45, 7) is 1.59. The van der Waals surface area contributed by atoms with Crippen LogP contribution in [0, 0.1) is 0 Å². The Morgan fingerprint density at radius 2 is 2.20 bits per heavy atom. The molecule has 0 spiro atoms. The molecule has 0 radical (unpaired) electrons. The zero-order valence-electron chi connectivity index (χ0n) is 13.2. The number of carbonyl (C=O) groups is 1. The molecule has 2 aliphatic rings. The Morgan fingerprint density at radius 3 is 2.96 bits per heavy atom. The van der Waals surface area contributed by atoms with Crippen molar-refractivity contribution in [3.63, 3.8) is 0 Å². The molecule has 2 aromatic rings. The van der Waals surface area contributed by atoms with Crippen molar-refractivity contribution in [3.05, 3.63) is 40.6 Å². The van der Waals surface area contributed by atoms with Crippen molar-refractivity contribution in [2.45, 2.75) is 19.0 Å². The van der Waals surface area contributed by atoms with Crippen LogP contribution in [0.2, 0.25) is 5.02 Å². The second-order valence-electron chi connectivity index (χ2n) is 6.08. The van der Waals surface area contributed by atoms with Gasteiger partial charge in [-0.25, -0.2) is 0 Å². The number of nitrogens with one attached hydrogen (secondary N) is 1. The minimum atomic E-state index is -0.304. The number of rotatable bonds is 2. The van der Waals surface area contributed by atoms with E-state index < -0.39 is 0 Å². The van der Waals surface area contributed by atoms with Gasteiger partial charge in [-0.1, -0.05) is 28.9 Å². The number of nitrogens with zero attached hydrogens (tertiary/aromatic N) is 2. The van der Waals surface area contributed by atoms with Crippen LogP contribution in [0.1, 0.15) is 11.3 Å². The van der Waals surface area contributed by atoms with E-state index in [1.54, 1.807) is 4.90 Å². The van der Waals surface area contributed by atoms with Crippen LogP contribution in [0.25, 0.3) is 11.3 Å². The molecule has 1 aromatic heterocycles. The molecule has 1 aromatic carbocycles. The molecule has 1 amide bonds. The van der Waals surface area contributed by atoms with Crippen LogP contribution < -0.4 is 5.32 Å². The van der Waals surface area contributed by atoms with E-state index in [9.17, 15) is 15.0 Å². The average Bonchev–Trinajstić information content (AvgIpc) is 3.26. The maximum absolute atomic E-state index is 12.6. The monoisotopic (exact) mass is 361 g/mol. The summed E-state index contributed by atoms with van der Waals surface area (Å²) in [5, 5.41) is 27.0. The van der Waals surface area contributed by atoms with Crippen molar-refractivity contribution in [2.75, 3.05) is 13.1 Å². The number of aromatic nitrogens is 1. The number of carbonyl (C=O) groups excluding carboxylic acids is 1. The zero-order chi connectivity index (χ0) is 17.6. The lowest BCUT2D eigenvalue weighted by Crippen LogP contribution is -2.45. The fraction of sp³-hybridized carbons (Fsp3) is 0.294. The highest BCUT2D eigenvalue weighted by Gasteiger charge is 2.31. The van der Waals surface area contributed by atoms with E-state index >= 15 is 0 Å². The molecule has 0 unspecified atom stereocenters. The summed E-state index contributed by atoms with van der Waals surface area (Å²) in [7, 11) is 0. The highest BCUT2D eigenvalue weighted by Crippen LogP contribution is 2.40. The van der Waals surface area contributed by atoms with Gasteiger partial charge < -0.3 is 19.6 Å². The molecular formula is C17H16ClN3O4. The molecule has 25 heavy (non-hydrogen) atoms. The summed E-state index contributed by atoms with van der Waals surface area (Å²) < 4.78 is 5.42. The van der Waals surface area contributed by atoms with Gasteiger partial charge in [0.1, 0.15) is 17.5 Å². The summed E-state index contributed by atoms with van der Waals surface area (Å²) in [6, 6.07) is 2.28. The molecule has 0 fully saturated rings. The molecule has 7 nitrogen and oxygen atoms in total. The molecule has 3 heterocycles. The Labute approximate surface area is 148 Å². The molecule has 4 rings (SSSR count). The lowest BCUT2D eigenvalue weighted by Gasteiger charge is -2.28. The smallest absolute Gasteiger partial charge is 0.244 e. The highest BCUT2D eigenvalue weighted by molar-refractivity contribution is 6.32. The molecule has 130 valence electrons. The van der Waals surface area contributed by atoms with E-state index in [1.165, 1.54) is 6.07 Å². The van der Waals surface area contributed by atoms with Crippen molar-refractivity contribution in [1.29, 1.82) is 0 Å². The lowest BCUT2D eigenvalue weighted by molar-refractivity contribution is -0.133. The number of phenolic OH excluding ortho intramolecular Hbond substituents is 2. The van der Waals surface area contributed by atoms with E-state index in [1.807, 2.05) is 12.2 Å². The Balaban J connectivity index is 1.67. The molecule has 1 atom stereocenters. The van der Waals surface area contributed by atoms with Crippen LogP contribution in [-0.4, -0.2) is 45.3 Å². The molecule has 0 bridgehead atoms. The van der Waals surface area contributed by atoms with Gasteiger partial charge >= 0.3 is 0 Å². The van der Waals surface area contributed by atoms with Gasteiger partial charge in [0, 0.05) is 31.1 Å². The van der Waals surface area contributed by atoms with Gasteiger partial charge in [0.15, 0.2) is 5.76 Å². The molecule has 0 saturated heterocycles. The Bertz CT molecular complexity index is 877. The van der Waals surface area contributed by atoms with Crippen LogP contribution in [0.3, 0.4) is 0 Å². The van der Waals surface area contributed by atoms with Crippen LogP contribution in [0.4, 0.5) is 0 Å². The van der Waals surface area contributed by atoms with Crippen molar-refractivity contribution >= 4 is 17.5 Å². The first-order valence-corrected chi connectivity index (χ1v) is 8.30. The van der Waals surface area contributed by atoms with Gasteiger partial charge in [-0.2, -0.15) is 0 Å². The predicted molar refractivity (Wildman–Crippen MR) is 90.3 cm³/mol. The van der Waals surface area contributed by atoms with Crippen LogP contribution >= 0.6 is 11.6 Å². The normalized spacial score (nSPS) is 19.2. The van der Waals surface area contributed by atoms with E-state index in [4.69, 9.17) is 16.1 Å². The average molecular weight is 362 g/mol. The summed E-state index contributed by atoms with van der Waals surface area (Å²) in [4.78, 5) is 14.3.